The van der Waals surface area contributed by atoms with Gasteiger partial charge in [0.05, 0.1) is 0 Å². The van der Waals surface area contributed by atoms with Crippen LogP contribution >= 0.6 is 0 Å². The summed E-state index contributed by atoms with van der Waals surface area (Å²) in [6.07, 6.45) is 2.22. The van der Waals surface area contributed by atoms with Gasteiger partial charge in [-0.25, -0.2) is 9.78 Å². The van der Waals surface area contributed by atoms with Crippen molar-refractivity contribution < 1.29 is 9.90 Å². The molecule has 0 amide bonds. The highest BCUT2D eigenvalue weighted by Crippen LogP contribution is 2.10. The fraction of sp³-hybridized carbons (Fsp3) is 0.455. The molecule has 0 spiro atoms. The Morgan fingerprint density at radius 3 is 2.82 bits per heavy atom. The third kappa shape index (κ3) is 2.11. The molecular weight excluding hydrogens is 220 g/mol. The van der Waals surface area contributed by atoms with Crippen LogP contribution in [0.3, 0.4) is 0 Å². The van der Waals surface area contributed by atoms with E-state index in [-0.39, 0.29) is 5.69 Å². The molecule has 0 aliphatic heterocycles. The Bertz CT molecular complexity index is 574. The van der Waals surface area contributed by atoms with Crippen molar-refractivity contribution in [2.24, 2.45) is 5.92 Å². The minimum atomic E-state index is -1.02. The molecule has 0 aliphatic carbocycles. The van der Waals surface area contributed by atoms with Gasteiger partial charge in [-0.1, -0.05) is 13.8 Å². The Morgan fingerprint density at radius 1 is 1.53 bits per heavy atom. The first-order chi connectivity index (χ1) is 7.99. The zero-order valence-electron chi connectivity index (χ0n) is 10.0. The minimum Gasteiger partial charge on any atom is -0.476 e. The highest BCUT2D eigenvalue weighted by Gasteiger charge is 2.16. The van der Waals surface area contributed by atoms with Crippen molar-refractivity contribution in [1.82, 2.24) is 19.6 Å². The van der Waals surface area contributed by atoms with Gasteiger partial charge in [-0.15, -0.1) is 5.10 Å². The molecular formula is C11H14N4O2. The zero-order valence-corrected chi connectivity index (χ0v) is 10.0. The molecule has 2 aromatic rings. The first-order valence-corrected chi connectivity index (χ1v) is 5.43. The molecule has 0 atom stereocenters. The van der Waals surface area contributed by atoms with Crippen LogP contribution < -0.4 is 0 Å². The van der Waals surface area contributed by atoms with Crippen LogP contribution in [0.15, 0.2) is 6.20 Å². The molecule has 0 radical (unpaired) electrons. The van der Waals surface area contributed by atoms with Gasteiger partial charge < -0.3 is 5.11 Å². The van der Waals surface area contributed by atoms with Crippen LogP contribution in [-0.2, 0) is 6.42 Å². The number of nitrogens with zero attached hydrogens (tertiary/aromatic N) is 4. The van der Waals surface area contributed by atoms with Crippen molar-refractivity contribution in [2.45, 2.75) is 27.2 Å². The molecule has 0 bridgehead atoms. The van der Waals surface area contributed by atoms with E-state index in [4.69, 9.17) is 5.11 Å². The Morgan fingerprint density at radius 2 is 2.24 bits per heavy atom. The quantitative estimate of drug-likeness (QED) is 0.866. The molecule has 6 heteroatoms. The average molecular weight is 234 g/mol. The summed E-state index contributed by atoms with van der Waals surface area (Å²) in [6.45, 7) is 5.81. The number of fused-ring (bicyclic) bond motifs is 1. The molecule has 0 fully saturated rings. The number of rotatable bonds is 3. The third-order valence-electron chi connectivity index (χ3n) is 2.39. The highest BCUT2D eigenvalue weighted by atomic mass is 16.4. The van der Waals surface area contributed by atoms with Crippen molar-refractivity contribution >= 4 is 11.7 Å². The van der Waals surface area contributed by atoms with E-state index in [9.17, 15) is 4.79 Å². The van der Waals surface area contributed by atoms with Gasteiger partial charge in [0.25, 0.3) is 5.78 Å². The zero-order chi connectivity index (χ0) is 12.6. The lowest BCUT2D eigenvalue weighted by atomic mass is 10.1. The monoisotopic (exact) mass is 234 g/mol. The number of hydrogen-bond donors (Lipinski definition) is 1. The number of hydrogen-bond acceptors (Lipinski definition) is 4. The van der Waals surface area contributed by atoms with E-state index in [2.05, 4.69) is 28.9 Å². The Kier molecular flexibility index (Phi) is 2.79. The molecule has 17 heavy (non-hydrogen) atoms. The van der Waals surface area contributed by atoms with Crippen LogP contribution in [0, 0.1) is 12.8 Å². The summed E-state index contributed by atoms with van der Waals surface area (Å²) >= 11 is 0. The summed E-state index contributed by atoms with van der Waals surface area (Å²) in [5, 5.41) is 13.3. The first-order valence-electron chi connectivity index (χ1n) is 5.43. The van der Waals surface area contributed by atoms with E-state index in [1.165, 1.54) is 10.7 Å². The van der Waals surface area contributed by atoms with Crippen LogP contribution in [-0.4, -0.2) is 30.7 Å². The second-order valence-corrected chi connectivity index (χ2v) is 4.43. The van der Waals surface area contributed by atoms with Gasteiger partial charge in [0.2, 0.25) is 0 Å². The topological polar surface area (TPSA) is 80.4 Å². The number of carbonyl (C=O) groups is 1. The number of carboxylic acids is 1. The van der Waals surface area contributed by atoms with Gasteiger partial charge in [-0.3, -0.25) is 0 Å². The maximum absolute atomic E-state index is 11.2. The Balaban J connectivity index is 2.60. The highest BCUT2D eigenvalue weighted by molar-refractivity contribution is 5.87. The largest absolute Gasteiger partial charge is 0.476 e. The van der Waals surface area contributed by atoms with E-state index in [1.54, 1.807) is 6.92 Å². The van der Waals surface area contributed by atoms with Crippen LogP contribution in [0.5, 0.6) is 0 Å². The van der Waals surface area contributed by atoms with Gasteiger partial charge in [-0.05, 0) is 12.8 Å². The normalized spacial score (nSPS) is 11.3. The van der Waals surface area contributed by atoms with E-state index in [1.807, 2.05) is 0 Å². The lowest BCUT2D eigenvalue weighted by Gasteiger charge is -2.01. The fourth-order valence-electron chi connectivity index (χ4n) is 1.67. The number of aromatic carboxylic acids is 1. The van der Waals surface area contributed by atoms with Gasteiger partial charge in [-0.2, -0.15) is 9.50 Å². The minimum absolute atomic E-state index is 0.123. The van der Waals surface area contributed by atoms with Crippen molar-refractivity contribution in [1.29, 1.82) is 0 Å². The van der Waals surface area contributed by atoms with Crippen molar-refractivity contribution in [3.8, 4) is 0 Å². The Hall–Kier alpha value is -1.98. The van der Waals surface area contributed by atoms with E-state index >= 15 is 0 Å². The van der Waals surface area contributed by atoms with Crippen LogP contribution in [0.4, 0.5) is 0 Å². The van der Waals surface area contributed by atoms with Crippen molar-refractivity contribution in [2.75, 3.05) is 0 Å². The van der Waals surface area contributed by atoms with E-state index < -0.39 is 5.97 Å². The van der Waals surface area contributed by atoms with Gasteiger partial charge >= 0.3 is 5.97 Å². The maximum atomic E-state index is 11.2. The van der Waals surface area contributed by atoms with Crippen LogP contribution in [0.2, 0.25) is 0 Å². The maximum Gasteiger partial charge on any atom is 0.355 e. The molecule has 2 rings (SSSR count). The molecule has 2 aromatic heterocycles. The molecule has 0 aliphatic rings. The van der Waals surface area contributed by atoms with Gasteiger partial charge in [0.15, 0.2) is 11.5 Å². The van der Waals surface area contributed by atoms with Crippen LogP contribution in [0.25, 0.3) is 5.78 Å². The number of carboxylic acid groups (broad SMARTS) is 1. The molecule has 6 nitrogen and oxygen atoms in total. The smallest absolute Gasteiger partial charge is 0.355 e. The molecule has 0 saturated heterocycles. The van der Waals surface area contributed by atoms with E-state index in [0.29, 0.717) is 29.5 Å². The van der Waals surface area contributed by atoms with Crippen LogP contribution in [0.1, 0.15) is 35.7 Å². The predicted octanol–water partition coefficient (Wildman–Crippen LogP) is 1.33. The second kappa shape index (κ2) is 4.12. The van der Waals surface area contributed by atoms with E-state index in [0.717, 1.165) is 0 Å². The van der Waals surface area contributed by atoms with Gasteiger partial charge in [0.1, 0.15) is 0 Å². The number of aromatic nitrogens is 4. The summed E-state index contributed by atoms with van der Waals surface area (Å²) in [7, 11) is 0. The second-order valence-electron chi connectivity index (χ2n) is 4.43. The molecule has 90 valence electrons. The third-order valence-corrected chi connectivity index (χ3v) is 2.39. The molecule has 1 N–H and O–H groups in total. The SMILES string of the molecule is Cc1cnc2nc(CC(C)C)nn2c1C(=O)O. The van der Waals surface area contributed by atoms with Gasteiger partial charge in [0, 0.05) is 18.2 Å². The number of aryl methyl sites for hydroxylation is 1. The summed E-state index contributed by atoms with van der Waals surface area (Å²) in [5.41, 5.74) is 0.698. The lowest BCUT2D eigenvalue weighted by molar-refractivity contribution is 0.0686. The predicted molar refractivity (Wildman–Crippen MR) is 61.0 cm³/mol. The summed E-state index contributed by atoms with van der Waals surface area (Å²) in [5.74, 6) is 0.363. The van der Waals surface area contributed by atoms with Crippen molar-refractivity contribution in [3.63, 3.8) is 0 Å². The molecule has 0 aromatic carbocycles. The fourth-order valence-corrected chi connectivity index (χ4v) is 1.67. The molecule has 0 saturated carbocycles. The summed E-state index contributed by atoms with van der Waals surface area (Å²) in [6, 6.07) is 0. The lowest BCUT2D eigenvalue weighted by Crippen LogP contribution is -2.10. The first kappa shape index (κ1) is 11.5. The standard InChI is InChI=1S/C11H14N4O2/c1-6(2)4-8-13-11-12-5-7(3)9(10(16)17)15(11)14-8/h5-6H,4H2,1-3H3,(H,16,17). The summed E-state index contributed by atoms with van der Waals surface area (Å²) < 4.78 is 1.30. The Labute approximate surface area is 98.3 Å². The summed E-state index contributed by atoms with van der Waals surface area (Å²) in [4.78, 5) is 19.4. The average Bonchev–Trinajstić information content (AvgIpc) is 2.57. The molecule has 0 unspecified atom stereocenters. The van der Waals surface area contributed by atoms with Crippen molar-refractivity contribution in [3.05, 3.63) is 23.3 Å². The molecule has 2 heterocycles.